The summed E-state index contributed by atoms with van der Waals surface area (Å²) in [5, 5.41) is -0.349. The Morgan fingerprint density at radius 3 is 2.41 bits per heavy atom. The van der Waals surface area contributed by atoms with Gasteiger partial charge < -0.3 is 10.5 Å². The molecule has 0 amide bonds. The molecule has 0 aliphatic heterocycles. The number of carbonyl (C=O) groups is 1. The van der Waals surface area contributed by atoms with Crippen LogP contribution >= 0.6 is 11.6 Å². The van der Waals surface area contributed by atoms with E-state index >= 15 is 0 Å². The predicted octanol–water partition coefficient (Wildman–Crippen LogP) is 3.16. The summed E-state index contributed by atoms with van der Waals surface area (Å²) in [4.78, 5) is 11.6. The van der Waals surface area contributed by atoms with Gasteiger partial charge in [0.25, 0.3) is 0 Å². The Morgan fingerprint density at radius 2 is 1.94 bits per heavy atom. The molecule has 0 unspecified atom stereocenters. The molecule has 1 rings (SSSR count). The number of ether oxygens (including phenoxy) is 1. The van der Waals surface area contributed by atoms with Gasteiger partial charge in [-0.05, 0) is 26.8 Å². The molecule has 0 aliphatic rings. The van der Waals surface area contributed by atoms with Crippen LogP contribution in [0.5, 0.6) is 0 Å². The third-order valence-electron chi connectivity index (χ3n) is 1.81. The number of hydrogen-bond donors (Lipinski definition) is 1. The van der Waals surface area contributed by atoms with E-state index in [0.29, 0.717) is 6.07 Å². The molecule has 3 nitrogen and oxygen atoms in total. The van der Waals surface area contributed by atoms with Crippen molar-refractivity contribution in [3.63, 3.8) is 0 Å². The van der Waals surface area contributed by atoms with Crippen LogP contribution in [0.25, 0.3) is 0 Å². The fourth-order valence-corrected chi connectivity index (χ4v) is 1.32. The summed E-state index contributed by atoms with van der Waals surface area (Å²) < 4.78 is 31.1. The van der Waals surface area contributed by atoms with Crippen molar-refractivity contribution >= 4 is 23.3 Å². The number of benzene rings is 1. The van der Waals surface area contributed by atoms with Gasteiger partial charge in [-0.1, -0.05) is 11.6 Å². The zero-order chi connectivity index (χ0) is 13.4. The molecule has 0 fully saturated rings. The summed E-state index contributed by atoms with van der Waals surface area (Å²) in [6.07, 6.45) is 0. The summed E-state index contributed by atoms with van der Waals surface area (Å²) >= 11 is 5.66. The highest BCUT2D eigenvalue weighted by atomic mass is 35.5. The molecule has 0 aromatic heterocycles. The van der Waals surface area contributed by atoms with E-state index in [1.54, 1.807) is 20.8 Å². The molecule has 0 heterocycles. The smallest absolute Gasteiger partial charge is 0.340 e. The van der Waals surface area contributed by atoms with E-state index in [-0.39, 0.29) is 10.6 Å². The van der Waals surface area contributed by atoms with E-state index < -0.39 is 28.9 Å². The number of hydrogen-bond acceptors (Lipinski definition) is 3. The first-order valence-corrected chi connectivity index (χ1v) is 5.17. The maximum absolute atomic E-state index is 13.1. The molecular weight excluding hydrogens is 252 g/mol. The van der Waals surface area contributed by atoms with Crippen LogP contribution in [0.15, 0.2) is 6.07 Å². The molecule has 0 saturated carbocycles. The average molecular weight is 264 g/mol. The number of halogens is 3. The Balaban J connectivity index is 3.20. The zero-order valence-corrected chi connectivity index (χ0v) is 10.4. The largest absolute Gasteiger partial charge is 0.456 e. The first-order valence-electron chi connectivity index (χ1n) is 4.80. The lowest BCUT2D eigenvalue weighted by molar-refractivity contribution is 0.00692. The van der Waals surface area contributed by atoms with Gasteiger partial charge in [-0.3, -0.25) is 0 Å². The first kappa shape index (κ1) is 13.7. The van der Waals surface area contributed by atoms with Gasteiger partial charge in [0.15, 0.2) is 11.6 Å². The second-order valence-corrected chi connectivity index (χ2v) is 4.83. The Morgan fingerprint density at radius 1 is 1.41 bits per heavy atom. The Labute approximate surface area is 103 Å². The van der Waals surface area contributed by atoms with Crippen molar-refractivity contribution in [1.29, 1.82) is 0 Å². The zero-order valence-electron chi connectivity index (χ0n) is 9.61. The van der Waals surface area contributed by atoms with Crippen LogP contribution in [0, 0.1) is 11.6 Å². The van der Waals surface area contributed by atoms with Crippen molar-refractivity contribution in [1.82, 2.24) is 0 Å². The van der Waals surface area contributed by atoms with E-state index in [1.165, 1.54) is 0 Å². The van der Waals surface area contributed by atoms with E-state index in [1.807, 2.05) is 0 Å². The Bertz CT molecular complexity index is 470. The number of rotatable bonds is 1. The summed E-state index contributed by atoms with van der Waals surface area (Å²) in [6.45, 7) is 4.92. The lowest BCUT2D eigenvalue weighted by Gasteiger charge is -2.20. The van der Waals surface area contributed by atoms with Crippen LogP contribution < -0.4 is 5.73 Å². The van der Waals surface area contributed by atoms with Gasteiger partial charge in [-0.2, -0.15) is 0 Å². The van der Waals surface area contributed by atoms with Gasteiger partial charge in [0.2, 0.25) is 0 Å². The number of nitrogens with two attached hydrogens (primary N) is 1. The fourth-order valence-electron chi connectivity index (χ4n) is 1.11. The van der Waals surface area contributed by atoms with Crippen LogP contribution in [-0.2, 0) is 4.74 Å². The highest BCUT2D eigenvalue weighted by Crippen LogP contribution is 2.29. The van der Waals surface area contributed by atoms with Crippen LogP contribution in [0.2, 0.25) is 5.02 Å². The Kier molecular flexibility index (Phi) is 3.62. The third kappa shape index (κ3) is 3.06. The highest BCUT2D eigenvalue weighted by molar-refractivity contribution is 6.36. The van der Waals surface area contributed by atoms with Crippen molar-refractivity contribution in [3.05, 3.63) is 28.3 Å². The normalized spacial score (nSPS) is 11.4. The van der Waals surface area contributed by atoms with E-state index in [4.69, 9.17) is 22.1 Å². The Hall–Kier alpha value is -1.36. The predicted molar refractivity (Wildman–Crippen MR) is 60.9 cm³/mol. The molecule has 94 valence electrons. The van der Waals surface area contributed by atoms with Gasteiger partial charge in [0.05, 0.1) is 16.3 Å². The number of esters is 1. The molecule has 1 aromatic rings. The first-order chi connectivity index (χ1) is 7.63. The van der Waals surface area contributed by atoms with E-state index in [2.05, 4.69) is 0 Å². The third-order valence-corrected chi connectivity index (χ3v) is 2.22. The standard InChI is InChI=1S/C11H12ClF2NO2/c1-11(2,3)17-10(16)5-4-6(13)8(14)9(15)7(5)12/h4H,15H2,1-3H3. The lowest BCUT2D eigenvalue weighted by Crippen LogP contribution is -2.24. The second kappa shape index (κ2) is 4.49. The minimum atomic E-state index is -1.28. The number of carbonyl (C=O) groups excluding carboxylic acids is 1. The molecule has 0 bridgehead atoms. The topological polar surface area (TPSA) is 52.3 Å². The summed E-state index contributed by atoms with van der Waals surface area (Å²) in [5.74, 6) is -3.37. The molecule has 0 saturated heterocycles. The van der Waals surface area contributed by atoms with Gasteiger partial charge in [0, 0.05) is 0 Å². The molecule has 0 spiro atoms. The maximum Gasteiger partial charge on any atom is 0.340 e. The van der Waals surface area contributed by atoms with Crippen LogP contribution in [0.4, 0.5) is 14.5 Å². The number of anilines is 1. The van der Waals surface area contributed by atoms with Gasteiger partial charge >= 0.3 is 5.97 Å². The molecule has 6 heteroatoms. The van der Waals surface area contributed by atoms with Crippen LogP contribution in [-0.4, -0.2) is 11.6 Å². The molecule has 1 aromatic carbocycles. The molecule has 0 radical (unpaired) electrons. The monoisotopic (exact) mass is 263 g/mol. The average Bonchev–Trinajstić information content (AvgIpc) is 2.17. The second-order valence-electron chi connectivity index (χ2n) is 4.45. The minimum Gasteiger partial charge on any atom is -0.456 e. The molecule has 0 atom stereocenters. The molecular formula is C11H12ClF2NO2. The summed E-state index contributed by atoms with van der Waals surface area (Å²) in [7, 11) is 0. The lowest BCUT2D eigenvalue weighted by atomic mass is 10.1. The summed E-state index contributed by atoms with van der Waals surface area (Å²) in [6, 6.07) is 0.669. The van der Waals surface area contributed by atoms with Crippen molar-refractivity contribution in [2.24, 2.45) is 0 Å². The van der Waals surface area contributed by atoms with Crippen LogP contribution in [0.3, 0.4) is 0 Å². The molecule has 2 N–H and O–H groups in total. The highest BCUT2D eigenvalue weighted by Gasteiger charge is 2.24. The SMILES string of the molecule is CC(C)(C)OC(=O)c1cc(F)c(F)c(N)c1Cl. The van der Waals surface area contributed by atoms with Crippen molar-refractivity contribution in [3.8, 4) is 0 Å². The van der Waals surface area contributed by atoms with E-state index in [0.717, 1.165) is 0 Å². The van der Waals surface area contributed by atoms with Crippen molar-refractivity contribution in [2.75, 3.05) is 5.73 Å². The van der Waals surface area contributed by atoms with Crippen LogP contribution in [0.1, 0.15) is 31.1 Å². The molecule has 0 aliphatic carbocycles. The maximum atomic E-state index is 13.1. The summed E-state index contributed by atoms with van der Waals surface area (Å²) in [5.41, 5.74) is 3.57. The molecule has 17 heavy (non-hydrogen) atoms. The fraction of sp³-hybridized carbons (Fsp3) is 0.364. The van der Waals surface area contributed by atoms with Gasteiger partial charge in [-0.25, -0.2) is 13.6 Å². The van der Waals surface area contributed by atoms with Gasteiger partial charge in [-0.15, -0.1) is 0 Å². The van der Waals surface area contributed by atoms with Crippen molar-refractivity contribution in [2.45, 2.75) is 26.4 Å². The minimum absolute atomic E-state index is 0.294. The quantitative estimate of drug-likeness (QED) is 0.481. The van der Waals surface area contributed by atoms with Crippen molar-refractivity contribution < 1.29 is 18.3 Å². The van der Waals surface area contributed by atoms with E-state index in [9.17, 15) is 13.6 Å². The van der Waals surface area contributed by atoms with Gasteiger partial charge in [0.1, 0.15) is 5.60 Å². The number of nitrogen functional groups attached to an aromatic ring is 1.